The van der Waals surface area contributed by atoms with Crippen LogP contribution in [0.15, 0.2) is 30.5 Å². The number of carbonyl (C=O) groups is 1. The number of aldehydes is 1. The average Bonchev–Trinajstić information content (AvgIpc) is 3.10. The highest BCUT2D eigenvalue weighted by Crippen LogP contribution is 2.34. The normalized spacial score (nSPS) is 15.7. The molecule has 0 bridgehead atoms. The Morgan fingerprint density at radius 3 is 2.60 bits per heavy atom. The Labute approximate surface area is 123 Å². The number of benzene rings is 1. The van der Waals surface area contributed by atoms with E-state index in [0.29, 0.717) is 12.5 Å². The molecule has 1 aliphatic carbocycles. The summed E-state index contributed by atoms with van der Waals surface area (Å²) in [7, 11) is 0. The van der Waals surface area contributed by atoms with E-state index >= 15 is 0 Å². The van der Waals surface area contributed by atoms with Gasteiger partial charge in [0, 0.05) is 17.1 Å². The molecular formula is C16H17ClN2O. The van der Waals surface area contributed by atoms with E-state index in [-0.39, 0.29) is 0 Å². The molecule has 0 amide bonds. The zero-order valence-corrected chi connectivity index (χ0v) is 12.0. The number of hydrogen-bond acceptors (Lipinski definition) is 2. The third kappa shape index (κ3) is 2.78. The van der Waals surface area contributed by atoms with Crippen LogP contribution in [0.25, 0.3) is 0 Å². The summed E-state index contributed by atoms with van der Waals surface area (Å²) in [5.41, 5.74) is 2.85. The first-order valence-corrected chi connectivity index (χ1v) is 7.41. The molecule has 3 nitrogen and oxygen atoms in total. The molecule has 0 saturated heterocycles. The van der Waals surface area contributed by atoms with Crippen LogP contribution in [0.2, 0.25) is 5.02 Å². The fourth-order valence-electron chi connectivity index (χ4n) is 2.92. The van der Waals surface area contributed by atoms with Crippen LogP contribution in [0.3, 0.4) is 0 Å². The largest absolute Gasteiger partial charge is 0.298 e. The predicted molar refractivity (Wildman–Crippen MR) is 79.4 cm³/mol. The maximum atomic E-state index is 11.2. The lowest BCUT2D eigenvalue weighted by Crippen LogP contribution is -2.02. The van der Waals surface area contributed by atoms with Crippen LogP contribution >= 0.6 is 11.6 Å². The van der Waals surface area contributed by atoms with Crippen molar-refractivity contribution in [2.75, 3.05) is 0 Å². The second-order valence-electron chi connectivity index (χ2n) is 5.39. The minimum absolute atomic E-state index is 0.460. The first-order valence-electron chi connectivity index (χ1n) is 7.03. The van der Waals surface area contributed by atoms with Gasteiger partial charge in [-0.15, -0.1) is 0 Å². The van der Waals surface area contributed by atoms with E-state index in [1.807, 2.05) is 35.1 Å². The van der Waals surface area contributed by atoms with E-state index in [4.69, 9.17) is 11.6 Å². The third-order valence-corrected chi connectivity index (χ3v) is 4.20. The molecule has 0 radical (unpaired) electrons. The molecule has 1 aliphatic rings. The van der Waals surface area contributed by atoms with Gasteiger partial charge in [-0.25, -0.2) is 0 Å². The third-order valence-electron chi connectivity index (χ3n) is 3.95. The fourth-order valence-corrected chi connectivity index (χ4v) is 3.04. The van der Waals surface area contributed by atoms with E-state index in [1.54, 1.807) is 0 Å². The van der Waals surface area contributed by atoms with Crippen molar-refractivity contribution in [2.45, 2.75) is 38.1 Å². The fraction of sp³-hybridized carbons (Fsp3) is 0.375. The van der Waals surface area contributed by atoms with Crippen molar-refractivity contribution >= 4 is 17.9 Å². The summed E-state index contributed by atoms with van der Waals surface area (Å²) in [6.45, 7) is 0.671. The lowest BCUT2D eigenvalue weighted by atomic mass is 10.0. The number of aromatic nitrogens is 2. The molecule has 1 heterocycles. The second-order valence-corrected chi connectivity index (χ2v) is 5.83. The lowest BCUT2D eigenvalue weighted by molar-refractivity contribution is 0.112. The molecule has 104 valence electrons. The Morgan fingerprint density at radius 2 is 1.95 bits per heavy atom. The standard InChI is InChI=1S/C16H17ClN2O/c17-15-7-5-12(6-8-15)9-19-10-14(11-20)16(18-19)13-3-1-2-4-13/h5-8,10-11,13H,1-4,9H2. The van der Waals surface area contributed by atoms with Gasteiger partial charge >= 0.3 is 0 Å². The van der Waals surface area contributed by atoms with Gasteiger partial charge in [0.1, 0.15) is 0 Å². The molecule has 0 N–H and O–H groups in total. The first-order chi connectivity index (χ1) is 9.76. The van der Waals surface area contributed by atoms with Crippen LogP contribution in [0.1, 0.15) is 53.2 Å². The maximum absolute atomic E-state index is 11.2. The zero-order chi connectivity index (χ0) is 13.9. The minimum Gasteiger partial charge on any atom is -0.298 e. The molecule has 20 heavy (non-hydrogen) atoms. The highest BCUT2D eigenvalue weighted by Gasteiger charge is 2.23. The summed E-state index contributed by atoms with van der Waals surface area (Å²) in [5, 5.41) is 5.36. The minimum atomic E-state index is 0.460. The van der Waals surface area contributed by atoms with Crippen molar-refractivity contribution in [3.05, 3.63) is 52.3 Å². The Hall–Kier alpha value is -1.61. The Balaban J connectivity index is 1.83. The summed E-state index contributed by atoms with van der Waals surface area (Å²) < 4.78 is 1.86. The number of hydrogen-bond donors (Lipinski definition) is 0. The lowest BCUT2D eigenvalue weighted by Gasteiger charge is -2.06. The molecular weight excluding hydrogens is 272 g/mol. The Kier molecular flexibility index (Phi) is 3.88. The van der Waals surface area contributed by atoms with Gasteiger partial charge in [0.25, 0.3) is 0 Å². The van der Waals surface area contributed by atoms with Crippen molar-refractivity contribution in [2.24, 2.45) is 0 Å². The SMILES string of the molecule is O=Cc1cn(Cc2ccc(Cl)cc2)nc1C1CCCC1. The molecule has 1 saturated carbocycles. The second kappa shape index (κ2) is 5.80. The van der Waals surface area contributed by atoms with Crippen LogP contribution < -0.4 is 0 Å². The monoisotopic (exact) mass is 288 g/mol. The highest BCUT2D eigenvalue weighted by atomic mass is 35.5. The molecule has 3 rings (SSSR count). The molecule has 0 spiro atoms. The number of halogens is 1. The quantitative estimate of drug-likeness (QED) is 0.795. The molecule has 2 aromatic rings. The van der Waals surface area contributed by atoms with E-state index in [1.165, 1.54) is 12.8 Å². The summed E-state index contributed by atoms with van der Waals surface area (Å²) in [4.78, 5) is 11.2. The molecule has 0 aliphatic heterocycles. The van der Waals surface area contributed by atoms with Crippen LogP contribution in [0.5, 0.6) is 0 Å². The Morgan fingerprint density at radius 1 is 1.25 bits per heavy atom. The summed E-state index contributed by atoms with van der Waals surface area (Å²) >= 11 is 5.88. The van der Waals surface area contributed by atoms with E-state index in [2.05, 4.69) is 5.10 Å². The van der Waals surface area contributed by atoms with Gasteiger partial charge in [0.2, 0.25) is 0 Å². The summed E-state index contributed by atoms with van der Waals surface area (Å²) in [5.74, 6) is 0.460. The van der Waals surface area contributed by atoms with Gasteiger partial charge in [-0.2, -0.15) is 5.10 Å². The smallest absolute Gasteiger partial charge is 0.153 e. The summed E-state index contributed by atoms with van der Waals surface area (Å²) in [6.07, 6.45) is 7.58. The average molecular weight is 289 g/mol. The van der Waals surface area contributed by atoms with Gasteiger partial charge in [-0.05, 0) is 30.5 Å². The zero-order valence-electron chi connectivity index (χ0n) is 11.3. The van der Waals surface area contributed by atoms with Crippen molar-refractivity contribution in [3.63, 3.8) is 0 Å². The number of carbonyl (C=O) groups excluding carboxylic acids is 1. The van der Waals surface area contributed by atoms with Gasteiger partial charge in [0.05, 0.1) is 17.8 Å². The highest BCUT2D eigenvalue weighted by molar-refractivity contribution is 6.30. The topological polar surface area (TPSA) is 34.9 Å². The predicted octanol–water partition coefficient (Wildman–Crippen LogP) is 4.05. The van der Waals surface area contributed by atoms with Crippen molar-refractivity contribution in [1.82, 2.24) is 9.78 Å². The van der Waals surface area contributed by atoms with Crippen LogP contribution in [0.4, 0.5) is 0 Å². The summed E-state index contributed by atoms with van der Waals surface area (Å²) in [6, 6.07) is 7.72. The Bertz CT molecular complexity index is 597. The number of rotatable bonds is 4. The van der Waals surface area contributed by atoms with E-state index < -0.39 is 0 Å². The molecule has 4 heteroatoms. The maximum Gasteiger partial charge on any atom is 0.153 e. The molecule has 1 aromatic heterocycles. The molecule has 0 atom stereocenters. The van der Waals surface area contributed by atoms with Gasteiger partial charge in [-0.1, -0.05) is 36.6 Å². The first kappa shape index (κ1) is 13.4. The van der Waals surface area contributed by atoms with Crippen LogP contribution in [-0.4, -0.2) is 16.1 Å². The van der Waals surface area contributed by atoms with Crippen molar-refractivity contribution in [3.8, 4) is 0 Å². The van der Waals surface area contributed by atoms with Crippen molar-refractivity contribution in [1.29, 1.82) is 0 Å². The van der Waals surface area contributed by atoms with Crippen LogP contribution in [0, 0.1) is 0 Å². The van der Waals surface area contributed by atoms with Crippen LogP contribution in [-0.2, 0) is 6.54 Å². The molecule has 1 aromatic carbocycles. The van der Waals surface area contributed by atoms with Crippen molar-refractivity contribution < 1.29 is 4.79 Å². The van der Waals surface area contributed by atoms with E-state index in [9.17, 15) is 4.79 Å². The van der Waals surface area contributed by atoms with E-state index in [0.717, 1.165) is 41.0 Å². The molecule has 1 fully saturated rings. The molecule has 0 unspecified atom stereocenters. The van der Waals surface area contributed by atoms with Gasteiger partial charge < -0.3 is 0 Å². The number of nitrogens with zero attached hydrogens (tertiary/aromatic N) is 2. The van der Waals surface area contributed by atoms with Gasteiger partial charge in [0.15, 0.2) is 6.29 Å². The van der Waals surface area contributed by atoms with Gasteiger partial charge in [-0.3, -0.25) is 9.48 Å².